The van der Waals surface area contributed by atoms with Gasteiger partial charge in [0.05, 0.1) is 5.18 Å². The maximum Gasteiger partial charge on any atom is 0.470 e. The van der Waals surface area contributed by atoms with Crippen molar-refractivity contribution in [1.29, 1.82) is 0 Å². The highest BCUT2D eigenvalue weighted by molar-refractivity contribution is 6.67. The summed E-state index contributed by atoms with van der Waals surface area (Å²) < 4.78 is 2.35. The molecule has 0 radical (unpaired) electrons. The van der Waals surface area contributed by atoms with Crippen LogP contribution in [0.3, 0.4) is 0 Å². The fourth-order valence-electron chi connectivity index (χ4n) is 0.170. The van der Waals surface area contributed by atoms with E-state index in [1.165, 1.54) is 0 Å². The SMILES string of the molecule is O=NC(=O)OCC(Cl)(Cl)Cl. The predicted octanol–water partition coefficient (Wildman–Crippen LogP) is 2.26. The van der Waals surface area contributed by atoms with Crippen molar-refractivity contribution in [2.75, 3.05) is 6.61 Å². The first-order valence-corrected chi connectivity index (χ1v) is 3.16. The maximum atomic E-state index is 9.98. The van der Waals surface area contributed by atoms with E-state index >= 15 is 0 Å². The van der Waals surface area contributed by atoms with Gasteiger partial charge in [0.1, 0.15) is 6.61 Å². The van der Waals surface area contributed by atoms with Crippen molar-refractivity contribution in [1.82, 2.24) is 0 Å². The highest BCUT2D eigenvalue weighted by Crippen LogP contribution is 2.25. The molecule has 0 aliphatic heterocycles. The number of ether oxygens (including phenoxy) is 1. The van der Waals surface area contributed by atoms with Gasteiger partial charge in [-0.3, -0.25) is 0 Å². The minimum absolute atomic E-state index is 0.484. The molecular formula is C3H2Cl3NO3. The molecule has 0 aromatic heterocycles. The van der Waals surface area contributed by atoms with Crippen LogP contribution in [0.5, 0.6) is 0 Å². The molecule has 0 saturated heterocycles. The fraction of sp³-hybridized carbons (Fsp3) is 0.667. The number of hydrogen-bond acceptors (Lipinski definition) is 3. The van der Waals surface area contributed by atoms with E-state index in [4.69, 9.17) is 34.8 Å². The topological polar surface area (TPSA) is 55.7 Å². The molecule has 0 atom stereocenters. The summed E-state index contributed by atoms with van der Waals surface area (Å²) in [5.74, 6) is 0. The average Bonchev–Trinajstić information content (AvgIpc) is 1.81. The first kappa shape index (κ1) is 9.94. The second kappa shape index (κ2) is 3.95. The lowest BCUT2D eigenvalue weighted by Gasteiger charge is -2.07. The molecule has 0 aliphatic rings. The van der Waals surface area contributed by atoms with Crippen LogP contribution in [0.25, 0.3) is 0 Å². The van der Waals surface area contributed by atoms with Gasteiger partial charge < -0.3 is 4.74 Å². The summed E-state index contributed by atoms with van der Waals surface area (Å²) in [4.78, 5) is 19.3. The summed E-state index contributed by atoms with van der Waals surface area (Å²) in [6, 6.07) is 0. The van der Waals surface area contributed by atoms with Gasteiger partial charge >= 0.3 is 6.09 Å². The van der Waals surface area contributed by atoms with Gasteiger partial charge in [0.25, 0.3) is 0 Å². The van der Waals surface area contributed by atoms with Crippen LogP contribution in [0.15, 0.2) is 5.18 Å². The Bertz CT molecular complexity index is 142. The number of hydrogen-bond donors (Lipinski definition) is 0. The van der Waals surface area contributed by atoms with Crippen molar-refractivity contribution in [3.8, 4) is 0 Å². The number of nitrogens with zero attached hydrogens (tertiary/aromatic N) is 1. The van der Waals surface area contributed by atoms with Crippen LogP contribution in [-0.4, -0.2) is 16.5 Å². The third kappa shape index (κ3) is 6.07. The van der Waals surface area contributed by atoms with Crippen molar-refractivity contribution >= 4 is 40.9 Å². The van der Waals surface area contributed by atoms with E-state index in [1.807, 2.05) is 5.18 Å². The molecule has 0 aromatic carbocycles. The van der Waals surface area contributed by atoms with E-state index in [-0.39, 0.29) is 0 Å². The molecule has 0 fully saturated rings. The second-order valence-electron chi connectivity index (χ2n) is 1.26. The van der Waals surface area contributed by atoms with Gasteiger partial charge in [-0.15, -0.1) is 4.91 Å². The van der Waals surface area contributed by atoms with Crippen LogP contribution < -0.4 is 0 Å². The summed E-state index contributed by atoms with van der Waals surface area (Å²) in [6.07, 6.45) is -1.30. The van der Waals surface area contributed by atoms with Crippen molar-refractivity contribution in [2.45, 2.75) is 3.79 Å². The zero-order valence-corrected chi connectivity index (χ0v) is 6.78. The van der Waals surface area contributed by atoms with Crippen molar-refractivity contribution in [2.24, 2.45) is 5.18 Å². The average molecular weight is 206 g/mol. The second-order valence-corrected chi connectivity index (χ2v) is 3.78. The molecule has 0 spiro atoms. The number of carbonyl (C=O) groups is 1. The van der Waals surface area contributed by atoms with Gasteiger partial charge in [-0.2, -0.15) is 0 Å². The third-order valence-corrected chi connectivity index (χ3v) is 0.761. The number of alkyl halides is 3. The quantitative estimate of drug-likeness (QED) is 0.488. The lowest BCUT2D eigenvalue weighted by atomic mass is 10.8. The van der Waals surface area contributed by atoms with Crippen LogP contribution in [-0.2, 0) is 4.74 Å². The molecule has 0 bridgehead atoms. The zero-order valence-electron chi connectivity index (χ0n) is 4.51. The first-order chi connectivity index (χ1) is 4.45. The van der Waals surface area contributed by atoms with Gasteiger partial charge in [-0.05, 0) is 0 Å². The molecule has 0 N–H and O–H groups in total. The van der Waals surface area contributed by atoms with Crippen LogP contribution in [0.4, 0.5) is 4.79 Å². The molecule has 7 heteroatoms. The summed E-state index contributed by atoms with van der Waals surface area (Å²) in [6.45, 7) is -0.484. The van der Waals surface area contributed by atoms with E-state index in [2.05, 4.69) is 4.74 Å². The molecule has 10 heavy (non-hydrogen) atoms. The summed E-state index contributed by atoms with van der Waals surface area (Å²) in [5.41, 5.74) is 0. The molecule has 0 aromatic rings. The Labute approximate surface area is 71.3 Å². The molecule has 0 rings (SSSR count). The summed E-state index contributed by atoms with van der Waals surface area (Å²) in [7, 11) is 0. The van der Waals surface area contributed by atoms with Gasteiger partial charge in [0, 0.05) is 0 Å². The normalized spacial score (nSPS) is 10.7. The van der Waals surface area contributed by atoms with E-state index in [9.17, 15) is 9.70 Å². The van der Waals surface area contributed by atoms with Crippen molar-refractivity contribution < 1.29 is 9.53 Å². The highest BCUT2D eigenvalue weighted by Gasteiger charge is 2.22. The number of rotatable bonds is 1. The van der Waals surface area contributed by atoms with Crippen LogP contribution in [0.1, 0.15) is 0 Å². The Morgan fingerprint density at radius 2 is 2.00 bits per heavy atom. The number of amides is 1. The van der Waals surface area contributed by atoms with Gasteiger partial charge in [-0.25, -0.2) is 4.79 Å². The number of carbonyl (C=O) groups excluding carboxylic acids is 1. The van der Waals surface area contributed by atoms with Crippen LogP contribution in [0, 0.1) is 4.91 Å². The van der Waals surface area contributed by atoms with E-state index in [0.29, 0.717) is 0 Å². The maximum absolute atomic E-state index is 9.98. The molecule has 0 saturated carbocycles. The Balaban J connectivity index is 3.55. The predicted molar refractivity (Wildman–Crippen MR) is 37.4 cm³/mol. The van der Waals surface area contributed by atoms with E-state index in [0.717, 1.165) is 0 Å². The largest absolute Gasteiger partial charge is 0.470 e. The Morgan fingerprint density at radius 3 is 2.30 bits per heavy atom. The molecular weight excluding hydrogens is 204 g/mol. The first-order valence-electron chi connectivity index (χ1n) is 2.02. The zero-order chi connectivity index (χ0) is 8.20. The Hall–Kier alpha value is -0.0600. The summed E-state index contributed by atoms with van der Waals surface area (Å²) in [5, 5.41) is 1.90. The van der Waals surface area contributed by atoms with Crippen LogP contribution >= 0.6 is 34.8 Å². The van der Waals surface area contributed by atoms with Gasteiger partial charge in [0.15, 0.2) is 0 Å². The van der Waals surface area contributed by atoms with Gasteiger partial charge in [0.2, 0.25) is 3.79 Å². The minimum Gasteiger partial charge on any atom is -0.441 e. The molecule has 58 valence electrons. The van der Waals surface area contributed by atoms with E-state index < -0.39 is 16.5 Å². The third-order valence-electron chi connectivity index (χ3n) is 0.434. The standard InChI is InChI=1S/C3H2Cl3NO3/c4-3(5,6)1-10-2(8)7-9/h1H2. The van der Waals surface area contributed by atoms with Gasteiger partial charge in [-0.1, -0.05) is 34.8 Å². The summed E-state index contributed by atoms with van der Waals surface area (Å²) >= 11 is 15.4. The molecule has 0 aliphatic carbocycles. The van der Waals surface area contributed by atoms with Crippen LogP contribution in [0.2, 0.25) is 0 Å². The number of halogens is 3. The lowest BCUT2D eigenvalue weighted by Crippen LogP contribution is -2.14. The minimum atomic E-state index is -1.69. The Morgan fingerprint density at radius 1 is 1.50 bits per heavy atom. The molecule has 0 unspecified atom stereocenters. The Kier molecular flexibility index (Phi) is 3.93. The molecule has 4 nitrogen and oxygen atoms in total. The van der Waals surface area contributed by atoms with E-state index in [1.54, 1.807) is 0 Å². The lowest BCUT2D eigenvalue weighted by molar-refractivity contribution is 0.159. The number of nitroso groups, excluding NO2 is 1. The molecule has 1 amide bonds. The highest BCUT2D eigenvalue weighted by atomic mass is 35.6. The van der Waals surface area contributed by atoms with Crippen molar-refractivity contribution in [3.63, 3.8) is 0 Å². The van der Waals surface area contributed by atoms with Crippen molar-refractivity contribution in [3.05, 3.63) is 4.91 Å². The monoisotopic (exact) mass is 205 g/mol. The smallest absolute Gasteiger partial charge is 0.441 e. The fourth-order valence-corrected chi connectivity index (χ4v) is 0.334. The molecule has 0 heterocycles.